The van der Waals surface area contributed by atoms with Gasteiger partial charge in [-0.15, -0.1) is 0 Å². The highest BCUT2D eigenvalue weighted by Crippen LogP contribution is 2.44. The van der Waals surface area contributed by atoms with Crippen molar-refractivity contribution in [3.8, 4) is 11.8 Å². The molecule has 0 unspecified atom stereocenters. The smallest absolute Gasteiger partial charge is 0.344 e. The van der Waals surface area contributed by atoms with Crippen molar-refractivity contribution in [3.63, 3.8) is 0 Å². The number of allylic oxidation sites excluding steroid dienone is 1. The number of nitriles is 1. The van der Waals surface area contributed by atoms with Crippen molar-refractivity contribution in [1.29, 1.82) is 5.26 Å². The molecule has 0 spiro atoms. The van der Waals surface area contributed by atoms with Crippen molar-refractivity contribution < 1.29 is 9.15 Å². The summed E-state index contributed by atoms with van der Waals surface area (Å²) in [6.07, 6.45) is 0. The first-order chi connectivity index (χ1) is 12.1. The zero-order valence-corrected chi connectivity index (χ0v) is 13.6. The average molecular weight is 351 g/mol. The van der Waals surface area contributed by atoms with E-state index in [1.807, 2.05) is 0 Å². The maximum absolute atomic E-state index is 12.4. The molecule has 0 saturated carbocycles. The van der Waals surface area contributed by atoms with Crippen LogP contribution in [0.15, 0.2) is 69.2 Å². The van der Waals surface area contributed by atoms with Crippen LogP contribution in [0.2, 0.25) is 5.02 Å². The summed E-state index contributed by atoms with van der Waals surface area (Å²) in [4.78, 5) is 12.4. The van der Waals surface area contributed by atoms with E-state index in [0.717, 1.165) is 5.56 Å². The Labute approximate surface area is 147 Å². The van der Waals surface area contributed by atoms with Crippen molar-refractivity contribution in [3.05, 3.63) is 86.8 Å². The van der Waals surface area contributed by atoms with Crippen molar-refractivity contribution >= 4 is 22.4 Å². The van der Waals surface area contributed by atoms with Gasteiger partial charge in [-0.2, -0.15) is 5.26 Å². The Bertz CT molecular complexity index is 1120. The Hall–Kier alpha value is -3.23. The van der Waals surface area contributed by atoms with Crippen LogP contribution in [0.1, 0.15) is 17.2 Å². The van der Waals surface area contributed by atoms with Crippen LogP contribution in [0.4, 0.5) is 0 Å². The fraction of sp³-hybridized carbons (Fsp3) is 0.0526. The predicted molar refractivity (Wildman–Crippen MR) is 93.2 cm³/mol. The van der Waals surface area contributed by atoms with E-state index in [1.165, 1.54) is 0 Å². The summed E-state index contributed by atoms with van der Waals surface area (Å²) in [6, 6.07) is 15.9. The number of halogens is 1. The fourth-order valence-electron chi connectivity index (χ4n) is 3.02. The number of benzene rings is 2. The number of ether oxygens (including phenoxy) is 1. The minimum Gasteiger partial charge on any atom is -0.436 e. The first-order valence-corrected chi connectivity index (χ1v) is 7.86. The second kappa shape index (κ2) is 5.69. The van der Waals surface area contributed by atoms with Gasteiger partial charge in [0.2, 0.25) is 5.88 Å². The summed E-state index contributed by atoms with van der Waals surface area (Å²) in [7, 11) is 0. The fourth-order valence-corrected chi connectivity index (χ4v) is 3.15. The van der Waals surface area contributed by atoms with Crippen molar-refractivity contribution in [2.24, 2.45) is 5.73 Å². The first kappa shape index (κ1) is 15.3. The van der Waals surface area contributed by atoms with Crippen LogP contribution in [0, 0.1) is 11.3 Å². The summed E-state index contributed by atoms with van der Waals surface area (Å²) in [5, 5.41) is 11.1. The normalized spacial score (nSPS) is 16.2. The lowest BCUT2D eigenvalue weighted by Gasteiger charge is -2.25. The third kappa shape index (κ3) is 2.35. The van der Waals surface area contributed by atoms with Crippen LogP contribution in [0.3, 0.4) is 0 Å². The van der Waals surface area contributed by atoms with Crippen LogP contribution < -0.4 is 16.1 Å². The van der Waals surface area contributed by atoms with Gasteiger partial charge in [0.1, 0.15) is 11.6 Å². The van der Waals surface area contributed by atoms with E-state index in [9.17, 15) is 10.1 Å². The van der Waals surface area contributed by atoms with E-state index in [1.54, 1.807) is 48.5 Å². The van der Waals surface area contributed by atoms with Crippen LogP contribution in [-0.4, -0.2) is 0 Å². The Morgan fingerprint density at radius 2 is 1.76 bits per heavy atom. The molecule has 0 bridgehead atoms. The minimum atomic E-state index is -0.636. The van der Waals surface area contributed by atoms with Crippen LogP contribution >= 0.6 is 11.6 Å². The van der Waals surface area contributed by atoms with Crippen molar-refractivity contribution in [2.45, 2.75) is 5.92 Å². The largest absolute Gasteiger partial charge is 0.436 e. The predicted octanol–water partition coefficient (Wildman–Crippen LogP) is 3.66. The molecule has 1 aliphatic heterocycles. The van der Waals surface area contributed by atoms with E-state index in [2.05, 4.69) is 6.07 Å². The van der Waals surface area contributed by atoms with Gasteiger partial charge >= 0.3 is 5.63 Å². The lowest BCUT2D eigenvalue weighted by atomic mass is 9.87. The monoisotopic (exact) mass is 350 g/mol. The standard InChI is InChI=1S/C19H11ClN2O3/c20-11-7-5-10(6-8-11)15-14(9-21)18(22)24-16-12-3-1-2-4-13(12)19(23)25-17(15)16/h1-8,15H,22H2/t15-/m0/s1. The zero-order valence-electron chi connectivity index (χ0n) is 12.8. The quantitative estimate of drug-likeness (QED) is 0.723. The van der Waals surface area contributed by atoms with E-state index in [-0.39, 0.29) is 17.2 Å². The highest BCUT2D eigenvalue weighted by Gasteiger charge is 2.34. The molecule has 2 aromatic carbocycles. The molecule has 0 aliphatic carbocycles. The van der Waals surface area contributed by atoms with Gasteiger partial charge < -0.3 is 14.9 Å². The van der Waals surface area contributed by atoms with Gasteiger partial charge in [-0.25, -0.2) is 4.79 Å². The molecule has 0 radical (unpaired) electrons. The Balaban J connectivity index is 2.06. The summed E-state index contributed by atoms with van der Waals surface area (Å²) in [5.74, 6) is -0.0271. The number of fused-ring (bicyclic) bond motifs is 3. The van der Waals surface area contributed by atoms with Gasteiger partial charge in [0.05, 0.1) is 11.3 Å². The molecule has 6 heteroatoms. The van der Waals surface area contributed by atoms with E-state index >= 15 is 0 Å². The molecule has 4 rings (SSSR count). The molecule has 1 aliphatic rings. The summed E-state index contributed by atoms with van der Waals surface area (Å²) in [6.45, 7) is 0. The molecule has 1 atom stereocenters. The van der Waals surface area contributed by atoms with Crippen LogP contribution in [0.25, 0.3) is 10.8 Å². The van der Waals surface area contributed by atoms with Gasteiger partial charge in [0.15, 0.2) is 11.5 Å². The number of nitrogens with two attached hydrogens (primary N) is 1. The highest BCUT2D eigenvalue weighted by molar-refractivity contribution is 6.30. The third-order valence-corrected chi connectivity index (χ3v) is 4.42. The molecule has 2 N–H and O–H groups in total. The molecule has 0 amide bonds. The Kier molecular flexibility index (Phi) is 3.48. The summed E-state index contributed by atoms with van der Waals surface area (Å²) >= 11 is 5.95. The number of nitrogens with zero attached hydrogens (tertiary/aromatic N) is 1. The summed E-state index contributed by atoms with van der Waals surface area (Å²) < 4.78 is 11.2. The molecule has 25 heavy (non-hydrogen) atoms. The van der Waals surface area contributed by atoms with Crippen molar-refractivity contribution in [2.75, 3.05) is 0 Å². The van der Waals surface area contributed by atoms with E-state index in [0.29, 0.717) is 21.5 Å². The lowest BCUT2D eigenvalue weighted by molar-refractivity contribution is 0.346. The van der Waals surface area contributed by atoms with Crippen LogP contribution in [-0.2, 0) is 0 Å². The van der Waals surface area contributed by atoms with Crippen molar-refractivity contribution in [1.82, 2.24) is 0 Å². The Morgan fingerprint density at radius 3 is 2.44 bits per heavy atom. The topological polar surface area (TPSA) is 89.2 Å². The summed E-state index contributed by atoms with van der Waals surface area (Å²) in [5.41, 5.74) is 6.41. The van der Waals surface area contributed by atoms with E-state index in [4.69, 9.17) is 26.5 Å². The number of rotatable bonds is 1. The third-order valence-electron chi connectivity index (χ3n) is 4.17. The lowest BCUT2D eigenvalue weighted by Crippen LogP contribution is -2.23. The molecule has 1 aromatic heterocycles. The molecule has 0 fully saturated rings. The molecule has 5 nitrogen and oxygen atoms in total. The highest BCUT2D eigenvalue weighted by atomic mass is 35.5. The maximum Gasteiger partial charge on any atom is 0.344 e. The number of hydrogen-bond donors (Lipinski definition) is 1. The average Bonchev–Trinajstić information content (AvgIpc) is 2.63. The Morgan fingerprint density at radius 1 is 1.08 bits per heavy atom. The molecular weight excluding hydrogens is 340 g/mol. The molecule has 122 valence electrons. The van der Waals surface area contributed by atoms with Crippen LogP contribution in [0.5, 0.6) is 5.75 Å². The maximum atomic E-state index is 12.4. The molecule has 2 heterocycles. The zero-order chi connectivity index (χ0) is 17.6. The SMILES string of the molecule is N#CC1=C(N)Oc2c(oc(=O)c3ccccc23)[C@H]1c1ccc(Cl)cc1. The molecule has 3 aromatic rings. The van der Waals surface area contributed by atoms with E-state index < -0.39 is 11.5 Å². The molecule has 0 saturated heterocycles. The minimum absolute atomic E-state index is 0.00560. The van der Waals surface area contributed by atoms with Gasteiger partial charge in [0, 0.05) is 10.4 Å². The van der Waals surface area contributed by atoms with Gasteiger partial charge in [0.25, 0.3) is 0 Å². The number of hydrogen-bond acceptors (Lipinski definition) is 5. The second-order valence-corrected chi connectivity index (χ2v) is 6.04. The van der Waals surface area contributed by atoms with Gasteiger partial charge in [-0.05, 0) is 23.8 Å². The second-order valence-electron chi connectivity index (χ2n) is 5.60. The van der Waals surface area contributed by atoms with Gasteiger partial charge in [-0.3, -0.25) is 0 Å². The molecular formula is C19H11ClN2O3. The van der Waals surface area contributed by atoms with Gasteiger partial charge in [-0.1, -0.05) is 41.9 Å². The first-order valence-electron chi connectivity index (χ1n) is 7.49.